The van der Waals surface area contributed by atoms with Crippen LogP contribution in [-0.4, -0.2) is 13.2 Å². The number of halogens is 1. The topological polar surface area (TPSA) is 21.3 Å². The summed E-state index contributed by atoms with van der Waals surface area (Å²) in [6.07, 6.45) is 1.04. The summed E-state index contributed by atoms with van der Waals surface area (Å²) in [6, 6.07) is 5.26. The van der Waals surface area contributed by atoms with Crippen molar-refractivity contribution in [3.63, 3.8) is 0 Å². The molecule has 1 aromatic rings. The molecule has 0 amide bonds. The summed E-state index contributed by atoms with van der Waals surface area (Å²) in [6.45, 7) is 6.47. The van der Waals surface area contributed by atoms with Crippen molar-refractivity contribution in [1.82, 2.24) is 0 Å². The van der Waals surface area contributed by atoms with Crippen molar-refractivity contribution < 1.29 is 9.13 Å². The molecule has 0 saturated heterocycles. The van der Waals surface area contributed by atoms with Crippen LogP contribution < -0.4 is 10.1 Å². The van der Waals surface area contributed by atoms with E-state index in [4.69, 9.17) is 4.74 Å². The molecule has 0 aliphatic carbocycles. The monoisotopic (exact) mass is 225 g/mol. The third-order valence-corrected chi connectivity index (χ3v) is 2.75. The molecule has 0 spiro atoms. The summed E-state index contributed by atoms with van der Waals surface area (Å²) >= 11 is 0. The maximum Gasteiger partial charge on any atom is 0.165 e. The molecule has 0 radical (unpaired) electrons. The quantitative estimate of drug-likeness (QED) is 0.825. The normalized spacial score (nSPS) is 12.6. The molecule has 0 saturated carbocycles. The molecule has 2 nitrogen and oxygen atoms in total. The van der Waals surface area contributed by atoms with Crippen molar-refractivity contribution in [2.24, 2.45) is 5.92 Å². The summed E-state index contributed by atoms with van der Waals surface area (Å²) in [5, 5.41) is 3.38. The van der Waals surface area contributed by atoms with Crippen LogP contribution in [-0.2, 0) is 0 Å². The average molecular weight is 225 g/mol. The van der Waals surface area contributed by atoms with Gasteiger partial charge in [0.15, 0.2) is 11.6 Å². The van der Waals surface area contributed by atoms with Crippen LogP contribution >= 0.6 is 0 Å². The summed E-state index contributed by atoms with van der Waals surface area (Å²) in [5.41, 5.74) is 0.902. The molecule has 1 unspecified atom stereocenters. The lowest BCUT2D eigenvalue weighted by Crippen LogP contribution is -2.24. The van der Waals surface area contributed by atoms with Gasteiger partial charge in [-0.3, -0.25) is 0 Å². The largest absolute Gasteiger partial charge is 0.494 e. The molecule has 16 heavy (non-hydrogen) atoms. The Labute approximate surface area is 96.8 Å². The number of methoxy groups -OCH3 is 1. The molecule has 0 aliphatic heterocycles. The molecule has 90 valence electrons. The zero-order valence-electron chi connectivity index (χ0n) is 10.4. The molecular weight excluding hydrogens is 205 g/mol. The fourth-order valence-corrected chi connectivity index (χ4v) is 1.70. The first kappa shape index (κ1) is 12.8. The van der Waals surface area contributed by atoms with Gasteiger partial charge in [-0.15, -0.1) is 0 Å². The van der Waals surface area contributed by atoms with E-state index in [1.807, 2.05) is 0 Å². The summed E-state index contributed by atoms with van der Waals surface area (Å²) in [7, 11) is 1.47. The van der Waals surface area contributed by atoms with Gasteiger partial charge in [-0.2, -0.15) is 0 Å². The summed E-state index contributed by atoms with van der Waals surface area (Å²) in [4.78, 5) is 0. The highest BCUT2D eigenvalue weighted by Gasteiger charge is 2.11. The van der Waals surface area contributed by atoms with Crippen LogP contribution in [0, 0.1) is 11.7 Å². The molecule has 1 N–H and O–H groups in total. The van der Waals surface area contributed by atoms with Crippen LogP contribution in [0.4, 0.5) is 10.1 Å². The zero-order valence-corrected chi connectivity index (χ0v) is 10.4. The smallest absolute Gasteiger partial charge is 0.165 e. The Morgan fingerprint density at radius 1 is 1.38 bits per heavy atom. The number of rotatable bonds is 5. The Morgan fingerprint density at radius 3 is 2.56 bits per heavy atom. The van der Waals surface area contributed by atoms with E-state index in [1.54, 1.807) is 12.1 Å². The van der Waals surface area contributed by atoms with Gasteiger partial charge in [-0.05, 0) is 24.5 Å². The van der Waals surface area contributed by atoms with Crippen LogP contribution in [0.25, 0.3) is 0 Å². The van der Waals surface area contributed by atoms with Crippen molar-refractivity contribution in [1.29, 1.82) is 0 Å². The molecular formula is C13H20FNO. The second-order valence-electron chi connectivity index (χ2n) is 4.25. The van der Waals surface area contributed by atoms with Crippen LogP contribution in [0.5, 0.6) is 5.75 Å². The Balaban J connectivity index is 2.80. The van der Waals surface area contributed by atoms with E-state index in [9.17, 15) is 4.39 Å². The maximum atomic E-state index is 13.2. The first-order valence-electron chi connectivity index (χ1n) is 5.68. The van der Waals surface area contributed by atoms with Crippen LogP contribution in [0.2, 0.25) is 0 Å². The fourth-order valence-electron chi connectivity index (χ4n) is 1.70. The van der Waals surface area contributed by atoms with Crippen LogP contribution in [0.15, 0.2) is 18.2 Å². The predicted molar refractivity (Wildman–Crippen MR) is 65.5 cm³/mol. The van der Waals surface area contributed by atoms with E-state index < -0.39 is 0 Å². The Bertz CT molecular complexity index is 339. The third-order valence-electron chi connectivity index (χ3n) is 2.75. The first-order valence-corrected chi connectivity index (χ1v) is 5.68. The molecule has 1 atom stereocenters. The van der Waals surface area contributed by atoms with E-state index >= 15 is 0 Å². The van der Waals surface area contributed by atoms with Crippen molar-refractivity contribution in [3.8, 4) is 5.75 Å². The minimum absolute atomic E-state index is 0.281. The van der Waals surface area contributed by atoms with Gasteiger partial charge in [0.25, 0.3) is 0 Å². The van der Waals surface area contributed by atoms with Gasteiger partial charge in [0.2, 0.25) is 0 Å². The van der Waals surface area contributed by atoms with Gasteiger partial charge < -0.3 is 10.1 Å². The van der Waals surface area contributed by atoms with Gasteiger partial charge in [0.05, 0.1) is 7.11 Å². The van der Waals surface area contributed by atoms with Crippen molar-refractivity contribution in [2.75, 3.05) is 12.4 Å². The van der Waals surface area contributed by atoms with Crippen molar-refractivity contribution in [3.05, 3.63) is 24.0 Å². The molecule has 0 fully saturated rings. The second-order valence-corrected chi connectivity index (χ2v) is 4.25. The highest BCUT2D eigenvalue weighted by Crippen LogP contribution is 2.23. The van der Waals surface area contributed by atoms with Gasteiger partial charge in [0.1, 0.15) is 0 Å². The first-order chi connectivity index (χ1) is 7.58. The highest BCUT2D eigenvalue weighted by molar-refractivity contribution is 5.49. The predicted octanol–water partition coefficient (Wildman–Crippen LogP) is 3.68. The molecule has 0 heterocycles. The van der Waals surface area contributed by atoms with Gasteiger partial charge >= 0.3 is 0 Å². The van der Waals surface area contributed by atoms with E-state index in [1.165, 1.54) is 13.2 Å². The summed E-state index contributed by atoms with van der Waals surface area (Å²) in [5.74, 6) is 0.496. The SMILES string of the molecule is CCC(Nc1ccc(F)c(OC)c1)C(C)C. The van der Waals surface area contributed by atoms with E-state index in [0.29, 0.717) is 12.0 Å². The standard InChI is InChI=1S/C13H20FNO/c1-5-12(9(2)3)15-10-6-7-11(14)13(8-10)16-4/h6-9,12,15H,5H2,1-4H3. The zero-order chi connectivity index (χ0) is 12.1. The Morgan fingerprint density at radius 2 is 2.06 bits per heavy atom. The Kier molecular flexibility index (Phi) is 4.59. The van der Waals surface area contributed by atoms with Gasteiger partial charge in [-0.1, -0.05) is 20.8 Å². The number of anilines is 1. The number of benzene rings is 1. The Hall–Kier alpha value is -1.25. The van der Waals surface area contributed by atoms with E-state index in [0.717, 1.165) is 12.1 Å². The van der Waals surface area contributed by atoms with Gasteiger partial charge in [0, 0.05) is 17.8 Å². The lowest BCUT2D eigenvalue weighted by molar-refractivity contribution is 0.386. The average Bonchev–Trinajstić information content (AvgIpc) is 2.27. The van der Waals surface area contributed by atoms with Gasteiger partial charge in [-0.25, -0.2) is 4.39 Å². The van der Waals surface area contributed by atoms with Crippen molar-refractivity contribution >= 4 is 5.69 Å². The van der Waals surface area contributed by atoms with Crippen LogP contribution in [0.3, 0.4) is 0 Å². The third kappa shape index (κ3) is 3.12. The lowest BCUT2D eigenvalue weighted by Gasteiger charge is -2.22. The van der Waals surface area contributed by atoms with Crippen LogP contribution in [0.1, 0.15) is 27.2 Å². The second kappa shape index (κ2) is 5.73. The minimum atomic E-state index is -0.328. The molecule has 0 bridgehead atoms. The molecule has 0 aliphatic rings. The number of hydrogen-bond donors (Lipinski definition) is 1. The van der Waals surface area contributed by atoms with E-state index in [2.05, 4.69) is 26.1 Å². The van der Waals surface area contributed by atoms with Crippen molar-refractivity contribution in [2.45, 2.75) is 33.2 Å². The molecule has 3 heteroatoms. The number of nitrogens with one attached hydrogen (secondary N) is 1. The highest BCUT2D eigenvalue weighted by atomic mass is 19.1. The fraction of sp³-hybridized carbons (Fsp3) is 0.538. The number of hydrogen-bond acceptors (Lipinski definition) is 2. The lowest BCUT2D eigenvalue weighted by atomic mass is 10.0. The molecule has 1 aromatic carbocycles. The minimum Gasteiger partial charge on any atom is -0.494 e. The summed E-state index contributed by atoms with van der Waals surface area (Å²) < 4.78 is 18.1. The molecule has 0 aromatic heterocycles. The van der Waals surface area contributed by atoms with E-state index in [-0.39, 0.29) is 11.6 Å². The maximum absolute atomic E-state index is 13.2. The molecule has 1 rings (SSSR count). The number of ether oxygens (including phenoxy) is 1.